The number of hydroxylamine groups is 4. The van der Waals surface area contributed by atoms with Crippen LogP contribution < -0.4 is 0 Å². The molecule has 4 atom stereocenters. The van der Waals surface area contributed by atoms with Crippen LogP contribution in [0.2, 0.25) is 0 Å². The van der Waals surface area contributed by atoms with Gasteiger partial charge in [0.15, 0.2) is 0 Å². The van der Waals surface area contributed by atoms with E-state index in [2.05, 4.69) is 0 Å². The highest BCUT2D eigenvalue weighted by atomic mass is 16.9. The maximum atomic E-state index is 12.6. The monoisotopic (exact) mass is 518 g/mol. The highest BCUT2D eigenvalue weighted by molar-refractivity contribution is 6.13. The third-order valence-electron chi connectivity index (χ3n) is 5.93. The first-order valence-electron chi connectivity index (χ1n) is 11.2. The van der Waals surface area contributed by atoms with Gasteiger partial charge in [0.2, 0.25) is 0 Å². The van der Waals surface area contributed by atoms with E-state index in [1.165, 1.54) is 13.8 Å². The molecule has 0 radical (unpaired) electrons. The molecular weight excluding hydrogens is 496 g/mol. The summed E-state index contributed by atoms with van der Waals surface area (Å²) in [6, 6.07) is -1.45. The van der Waals surface area contributed by atoms with Gasteiger partial charge in [0.05, 0.1) is 38.1 Å². The molecule has 0 N–H and O–H groups in total. The average Bonchev–Trinajstić information content (AvgIpc) is 3.53. The number of hydrogen-bond acceptors (Lipinski definition) is 11. The number of carbonyl (C=O) groups excluding carboxylic acids is 8. The predicted octanol–water partition coefficient (Wildman–Crippen LogP) is -2.25. The van der Waals surface area contributed by atoms with Crippen molar-refractivity contribution in [3.8, 4) is 0 Å². The molecule has 4 unspecified atom stereocenters. The van der Waals surface area contributed by atoms with Gasteiger partial charge in [-0.15, -0.1) is 15.1 Å². The number of carbonyl (C=O) groups is 8. The molecule has 0 bridgehead atoms. The van der Waals surface area contributed by atoms with Gasteiger partial charge in [-0.3, -0.25) is 48.2 Å². The van der Waals surface area contributed by atoms with Gasteiger partial charge in [-0.05, 0) is 13.8 Å². The molecule has 196 valence electrons. The molecule has 0 aromatic heterocycles. The molecule has 0 spiro atoms. The molecule has 0 aromatic rings. The molecule has 4 aliphatic rings. The molecule has 4 aliphatic heterocycles. The van der Waals surface area contributed by atoms with Gasteiger partial charge in [-0.25, -0.2) is 0 Å². The summed E-state index contributed by atoms with van der Waals surface area (Å²) < 4.78 is 10.8. The van der Waals surface area contributed by atoms with Crippen LogP contribution in [-0.4, -0.2) is 105 Å². The number of amides is 8. The Hall–Kier alpha value is -4.08. The molecule has 15 nitrogen and oxygen atoms in total. The zero-order chi connectivity index (χ0) is 27.0. The summed E-state index contributed by atoms with van der Waals surface area (Å²) in [6.07, 6.45) is 0.857. The zero-order valence-electron chi connectivity index (χ0n) is 19.7. The topological polar surface area (TPSA) is 177 Å². The summed E-state index contributed by atoms with van der Waals surface area (Å²) in [6.45, 7) is 2.55. The zero-order valence-corrected chi connectivity index (χ0v) is 19.7. The summed E-state index contributed by atoms with van der Waals surface area (Å²) in [4.78, 5) is 104. The summed E-state index contributed by atoms with van der Waals surface area (Å²) >= 11 is 0. The number of hydrogen-bond donors (Lipinski definition) is 0. The summed E-state index contributed by atoms with van der Waals surface area (Å²) in [5.74, 6) is -5.86. The number of ether oxygens (including phenoxy) is 2. The normalized spacial score (nSPS) is 25.7. The van der Waals surface area contributed by atoms with Gasteiger partial charge in [0.1, 0.15) is 12.2 Å². The molecule has 2 fully saturated rings. The number of imide groups is 4. The van der Waals surface area contributed by atoms with Crippen LogP contribution >= 0.6 is 0 Å². The van der Waals surface area contributed by atoms with E-state index in [4.69, 9.17) is 14.4 Å². The molecule has 15 heteroatoms. The SMILES string of the molecule is CC(COC1CC(=O)N(ON2C(=O)CC(OCC(C)N3C(=O)C=CC3=O)C2=O)C1=O)N1C(=O)C=CC1=O. The van der Waals surface area contributed by atoms with Crippen LogP contribution in [0.1, 0.15) is 26.7 Å². The van der Waals surface area contributed by atoms with Crippen molar-refractivity contribution in [2.45, 2.75) is 51.0 Å². The highest BCUT2D eigenvalue weighted by Crippen LogP contribution is 2.24. The van der Waals surface area contributed by atoms with Crippen molar-refractivity contribution in [3.63, 3.8) is 0 Å². The molecule has 37 heavy (non-hydrogen) atoms. The van der Waals surface area contributed by atoms with Crippen LogP contribution in [0.15, 0.2) is 24.3 Å². The Kier molecular flexibility index (Phi) is 7.11. The fourth-order valence-electron chi connectivity index (χ4n) is 4.03. The van der Waals surface area contributed by atoms with Crippen LogP contribution in [0.4, 0.5) is 0 Å². The van der Waals surface area contributed by atoms with Crippen LogP contribution in [0, 0.1) is 0 Å². The van der Waals surface area contributed by atoms with E-state index in [1.54, 1.807) is 0 Å². The molecule has 2 saturated heterocycles. The second-order valence-corrected chi connectivity index (χ2v) is 8.64. The van der Waals surface area contributed by atoms with Crippen LogP contribution in [0.25, 0.3) is 0 Å². The Morgan fingerprint density at radius 1 is 0.649 bits per heavy atom. The van der Waals surface area contributed by atoms with Crippen molar-refractivity contribution in [3.05, 3.63) is 24.3 Å². The summed E-state index contributed by atoms with van der Waals surface area (Å²) in [5, 5.41) is 0.466. The van der Waals surface area contributed by atoms with E-state index in [1.807, 2.05) is 0 Å². The smallest absolute Gasteiger partial charge is 0.285 e. The standard InChI is InChI=1S/C22H22N4O11/c1-11(23-15(27)3-4-16(23)28)9-35-13-7-19(31)25(21(13)33)37-26-20(32)8-14(22(26)34)36-10-12(2)24-17(29)5-6-18(24)30/h3-6,11-14H,7-10H2,1-2H3. The van der Waals surface area contributed by atoms with Gasteiger partial charge in [-0.1, -0.05) is 0 Å². The van der Waals surface area contributed by atoms with E-state index in [0.717, 1.165) is 34.1 Å². The molecular formula is C22H22N4O11. The fraction of sp³-hybridized carbons (Fsp3) is 0.455. The van der Waals surface area contributed by atoms with Crippen molar-refractivity contribution in [2.24, 2.45) is 0 Å². The first-order valence-corrected chi connectivity index (χ1v) is 11.2. The van der Waals surface area contributed by atoms with E-state index in [0.29, 0.717) is 0 Å². The molecule has 4 rings (SSSR count). The predicted molar refractivity (Wildman–Crippen MR) is 114 cm³/mol. The van der Waals surface area contributed by atoms with Crippen molar-refractivity contribution in [2.75, 3.05) is 13.2 Å². The molecule has 4 heterocycles. The first kappa shape index (κ1) is 26.0. The van der Waals surface area contributed by atoms with E-state index < -0.39 is 84.4 Å². The first-order chi connectivity index (χ1) is 17.5. The van der Waals surface area contributed by atoms with Gasteiger partial charge in [0.25, 0.3) is 47.3 Å². The average molecular weight is 518 g/mol. The lowest BCUT2D eigenvalue weighted by Gasteiger charge is -2.24. The van der Waals surface area contributed by atoms with Crippen LogP contribution in [0.5, 0.6) is 0 Å². The minimum Gasteiger partial charge on any atom is -0.366 e. The van der Waals surface area contributed by atoms with Gasteiger partial charge >= 0.3 is 0 Å². The van der Waals surface area contributed by atoms with E-state index >= 15 is 0 Å². The van der Waals surface area contributed by atoms with E-state index in [-0.39, 0.29) is 23.3 Å². The number of nitrogens with zero attached hydrogens (tertiary/aromatic N) is 4. The summed E-state index contributed by atoms with van der Waals surface area (Å²) in [7, 11) is 0. The fourth-order valence-corrected chi connectivity index (χ4v) is 4.03. The third-order valence-corrected chi connectivity index (χ3v) is 5.93. The molecule has 8 amide bonds. The van der Waals surface area contributed by atoms with Crippen molar-refractivity contribution < 1.29 is 52.8 Å². The minimum absolute atomic E-state index is 0.233. The van der Waals surface area contributed by atoms with Gasteiger partial charge in [-0.2, -0.15) is 0 Å². The van der Waals surface area contributed by atoms with Crippen LogP contribution in [0.3, 0.4) is 0 Å². The highest BCUT2D eigenvalue weighted by Gasteiger charge is 2.48. The Morgan fingerprint density at radius 3 is 1.30 bits per heavy atom. The van der Waals surface area contributed by atoms with Crippen molar-refractivity contribution >= 4 is 47.3 Å². The maximum Gasteiger partial charge on any atom is 0.285 e. The third kappa shape index (κ3) is 4.96. The quantitative estimate of drug-likeness (QED) is 0.285. The van der Waals surface area contributed by atoms with Gasteiger partial charge in [0, 0.05) is 24.3 Å². The van der Waals surface area contributed by atoms with Crippen molar-refractivity contribution in [1.29, 1.82) is 0 Å². The second kappa shape index (κ2) is 10.1. The molecule has 0 aromatic carbocycles. The Bertz CT molecular complexity index is 1040. The van der Waals surface area contributed by atoms with Gasteiger partial charge < -0.3 is 9.47 Å². The van der Waals surface area contributed by atoms with Crippen molar-refractivity contribution in [1.82, 2.24) is 19.9 Å². The lowest BCUT2D eigenvalue weighted by atomic mass is 10.2. The summed E-state index contributed by atoms with van der Waals surface area (Å²) in [5.41, 5.74) is 0. The largest absolute Gasteiger partial charge is 0.366 e. The lowest BCUT2D eigenvalue weighted by Crippen LogP contribution is -2.45. The second-order valence-electron chi connectivity index (χ2n) is 8.64. The van der Waals surface area contributed by atoms with Crippen LogP contribution in [-0.2, 0) is 52.8 Å². The Balaban J connectivity index is 1.29. The Morgan fingerprint density at radius 2 is 0.973 bits per heavy atom. The van der Waals surface area contributed by atoms with E-state index in [9.17, 15) is 38.4 Å². The lowest BCUT2D eigenvalue weighted by molar-refractivity contribution is -0.271. The number of rotatable bonds is 10. The minimum atomic E-state index is -1.32. The molecule has 0 saturated carbocycles. The molecule has 0 aliphatic carbocycles. The Labute approximate surface area is 209 Å². The maximum absolute atomic E-state index is 12.6.